The van der Waals surface area contributed by atoms with Crippen molar-refractivity contribution in [2.24, 2.45) is 0 Å². The van der Waals surface area contributed by atoms with Gasteiger partial charge in [-0.2, -0.15) is 0 Å². The number of hydrogen-bond donors (Lipinski definition) is 4. The van der Waals surface area contributed by atoms with E-state index in [0.717, 1.165) is 18.4 Å². The summed E-state index contributed by atoms with van der Waals surface area (Å²) in [5.74, 6) is 0.364. The van der Waals surface area contributed by atoms with Gasteiger partial charge in [0, 0.05) is 29.8 Å². The Kier molecular flexibility index (Phi) is 5.14. The molecule has 5 N–H and O–H groups in total. The van der Waals surface area contributed by atoms with Gasteiger partial charge in [-0.25, -0.2) is 0 Å². The highest BCUT2D eigenvalue weighted by Crippen LogP contribution is 2.45. The van der Waals surface area contributed by atoms with Crippen LogP contribution in [0.15, 0.2) is 45.6 Å². The molecule has 1 aliphatic carbocycles. The van der Waals surface area contributed by atoms with Gasteiger partial charge in [0.05, 0.1) is 6.10 Å². The first-order valence-electron chi connectivity index (χ1n) is 11.5. The van der Waals surface area contributed by atoms with Crippen molar-refractivity contribution in [1.82, 2.24) is 0 Å². The van der Waals surface area contributed by atoms with Crippen molar-refractivity contribution < 1.29 is 24.5 Å². The monoisotopic (exact) mass is 451 g/mol. The molecule has 174 valence electrons. The lowest BCUT2D eigenvalue weighted by Crippen LogP contribution is -2.49. The SMILES string of the molecule is C[C@]1(CCc2ccc(N)cc2)Oc2cc3oc(C4(O)CCCC4)cc(=O)c3c(O)c2C[C@H]1O. The van der Waals surface area contributed by atoms with Crippen LogP contribution < -0.4 is 15.9 Å². The van der Waals surface area contributed by atoms with Crippen molar-refractivity contribution in [3.05, 3.63) is 63.5 Å². The van der Waals surface area contributed by atoms with Crippen LogP contribution in [0.3, 0.4) is 0 Å². The highest BCUT2D eigenvalue weighted by molar-refractivity contribution is 5.87. The fourth-order valence-corrected chi connectivity index (χ4v) is 5.07. The Morgan fingerprint density at radius 3 is 2.55 bits per heavy atom. The van der Waals surface area contributed by atoms with E-state index >= 15 is 0 Å². The van der Waals surface area contributed by atoms with E-state index in [2.05, 4.69) is 0 Å². The van der Waals surface area contributed by atoms with E-state index in [1.54, 1.807) is 6.07 Å². The fraction of sp³-hybridized carbons (Fsp3) is 0.423. The molecule has 1 fully saturated rings. The van der Waals surface area contributed by atoms with Crippen LogP contribution >= 0.6 is 0 Å². The Morgan fingerprint density at radius 1 is 1.15 bits per heavy atom. The van der Waals surface area contributed by atoms with Gasteiger partial charge in [0.2, 0.25) is 0 Å². The Hall–Kier alpha value is -3.03. The minimum Gasteiger partial charge on any atom is -0.507 e. The van der Waals surface area contributed by atoms with Gasteiger partial charge in [0.15, 0.2) is 5.43 Å². The average Bonchev–Trinajstić information content (AvgIpc) is 3.22. The van der Waals surface area contributed by atoms with Gasteiger partial charge in [0.1, 0.15) is 39.4 Å². The number of rotatable bonds is 4. The first-order valence-corrected chi connectivity index (χ1v) is 11.5. The van der Waals surface area contributed by atoms with Crippen LogP contribution in [0.25, 0.3) is 11.0 Å². The highest BCUT2D eigenvalue weighted by atomic mass is 16.5. The van der Waals surface area contributed by atoms with Gasteiger partial charge in [-0.1, -0.05) is 12.1 Å². The van der Waals surface area contributed by atoms with Crippen molar-refractivity contribution in [3.63, 3.8) is 0 Å². The molecular weight excluding hydrogens is 422 g/mol. The lowest BCUT2D eigenvalue weighted by molar-refractivity contribution is -0.0595. The van der Waals surface area contributed by atoms with E-state index in [9.17, 15) is 20.1 Å². The summed E-state index contributed by atoms with van der Waals surface area (Å²) < 4.78 is 12.2. The first kappa shape index (κ1) is 21.8. The van der Waals surface area contributed by atoms with Crippen molar-refractivity contribution in [2.45, 2.75) is 69.2 Å². The molecular formula is C26H29NO6. The molecule has 0 radical (unpaired) electrons. The van der Waals surface area contributed by atoms with Crippen molar-refractivity contribution in [1.29, 1.82) is 0 Å². The quantitative estimate of drug-likeness (QED) is 0.447. The van der Waals surface area contributed by atoms with Crippen LogP contribution in [0.2, 0.25) is 0 Å². The smallest absolute Gasteiger partial charge is 0.196 e. The normalized spacial score (nSPS) is 23.9. The maximum atomic E-state index is 12.9. The Balaban J connectivity index is 1.50. The van der Waals surface area contributed by atoms with Crippen LogP contribution in [0, 0.1) is 0 Å². The first-order chi connectivity index (χ1) is 15.7. The predicted molar refractivity (Wildman–Crippen MR) is 124 cm³/mol. The number of nitrogen functional groups attached to an aromatic ring is 1. The molecule has 0 saturated heterocycles. The van der Waals surface area contributed by atoms with Crippen molar-refractivity contribution in [2.75, 3.05) is 5.73 Å². The summed E-state index contributed by atoms with van der Waals surface area (Å²) in [4.78, 5) is 12.9. The third kappa shape index (κ3) is 3.75. The van der Waals surface area contributed by atoms with Gasteiger partial charge < -0.3 is 30.2 Å². The summed E-state index contributed by atoms with van der Waals surface area (Å²) in [5.41, 5.74) is 5.62. The van der Waals surface area contributed by atoms with E-state index in [1.165, 1.54) is 6.07 Å². The number of aliphatic hydroxyl groups is 2. The fourth-order valence-electron chi connectivity index (χ4n) is 5.07. The van der Waals surface area contributed by atoms with E-state index in [4.69, 9.17) is 14.9 Å². The zero-order valence-corrected chi connectivity index (χ0v) is 18.6. The van der Waals surface area contributed by atoms with Crippen molar-refractivity contribution in [3.8, 4) is 11.5 Å². The molecule has 33 heavy (non-hydrogen) atoms. The molecule has 0 unspecified atom stereocenters. The van der Waals surface area contributed by atoms with Gasteiger partial charge in [-0.3, -0.25) is 4.79 Å². The summed E-state index contributed by atoms with van der Waals surface area (Å²) in [6.07, 6.45) is 3.29. The molecule has 0 bridgehead atoms. The number of hydrogen-bond acceptors (Lipinski definition) is 7. The second-order valence-electron chi connectivity index (χ2n) is 9.66. The van der Waals surface area contributed by atoms with E-state index in [0.29, 0.717) is 42.7 Å². The number of nitrogens with two attached hydrogens (primary N) is 1. The molecule has 2 heterocycles. The molecule has 2 aromatic carbocycles. The zero-order chi connectivity index (χ0) is 23.4. The molecule has 1 aliphatic heterocycles. The Labute approximate surface area is 191 Å². The molecule has 2 aliphatic rings. The second-order valence-corrected chi connectivity index (χ2v) is 9.66. The molecule has 2 atom stereocenters. The lowest BCUT2D eigenvalue weighted by Gasteiger charge is -2.40. The molecule has 7 heteroatoms. The largest absolute Gasteiger partial charge is 0.507 e. The highest BCUT2D eigenvalue weighted by Gasteiger charge is 2.42. The van der Waals surface area contributed by atoms with Gasteiger partial charge in [0.25, 0.3) is 0 Å². The number of phenolic OH excluding ortho intramolecular Hbond substituents is 1. The summed E-state index contributed by atoms with van der Waals surface area (Å²) in [6.45, 7) is 1.84. The van der Waals surface area contributed by atoms with E-state index in [1.807, 2.05) is 31.2 Å². The van der Waals surface area contributed by atoms with Crippen LogP contribution in [0.1, 0.15) is 55.9 Å². The van der Waals surface area contributed by atoms with Crippen LogP contribution in [0.4, 0.5) is 5.69 Å². The topological polar surface area (TPSA) is 126 Å². The maximum absolute atomic E-state index is 12.9. The van der Waals surface area contributed by atoms with E-state index < -0.39 is 22.7 Å². The minimum atomic E-state index is -1.16. The molecule has 1 aromatic heterocycles. The molecule has 0 amide bonds. The van der Waals surface area contributed by atoms with Crippen LogP contribution in [-0.4, -0.2) is 27.0 Å². The standard InChI is InChI=1S/C26H29NO6/c1-25(11-8-15-4-6-16(27)7-5-15)21(29)12-17-19(33-25)14-20-23(24(17)30)18(28)13-22(32-20)26(31)9-2-3-10-26/h4-7,13-14,21,29-31H,2-3,8-12,27H2,1H3/t21-,25-/m1/s1. The Bertz CT molecular complexity index is 1260. The van der Waals surface area contributed by atoms with Gasteiger partial charge in [-0.15, -0.1) is 0 Å². The summed E-state index contributed by atoms with van der Waals surface area (Å²) in [5, 5.41) is 32.7. The summed E-state index contributed by atoms with van der Waals surface area (Å²) in [6, 6.07) is 10.5. The lowest BCUT2D eigenvalue weighted by atomic mass is 9.84. The number of ether oxygens (including phenoxy) is 1. The average molecular weight is 452 g/mol. The number of fused-ring (bicyclic) bond motifs is 2. The van der Waals surface area contributed by atoms with Gasteiger partial charge in [-0.05, 0) is 63.1 Å². The third-order valence-corrected chi connectivity index (χ3v) is 7.28. The summed E-state index contributed by atoms with van der Waals surface area (Å²) in [7, 11) is 0. The molecule has 3 aromatic rings. The number of benzene rings is 2. The number of aryl methyl sites for hydroxylation is 1. The van der Waals surface area contributed by atoms with E-state index in [-0.39, 0.29) is 28.9 Å². The molecule has 5 rings (SSSR count). The molecule has 0 spiro atoms. The second kappa shape index (κ2) is 7.78. The Morgan fingerprint density at radius 2 is 1.85 bits per heavy atom. The minimum absolute atomic E-state index is 0.0420. The summed E-state index contributed by atoms with van der Waals surface area (Å²) >= 11 is 0. The van der Waals surface area contributed by atoms with Crippen LogP contribution in [-0.2, 0) is 18.4 Å². The zero-order valence-electron chi connectivity index (χ0n) is 18.6. The van der Waals surface area contributed by atoms with Crippen LogP contribution in [0.5, 0.6) is 11.5 Å². The number of aromatic hydroxyl groups is 1. The molecule has 1 saturated carbocycles. The predicted octanol–water partition coefficient (Wildman–Crippen LogP) is 3.53. The number of aliphatic hydroxyl groups excluding tert-OH is 1. The number of anilines is 1. The number of phenols is 1. The van der Waals surface area contributed by atoms with Crippen molar-refractivity contribution >= 4 is 16.7 Å². The third-order valence-electron chi connectivity index (χ3n) is 7.28. The maximum Gasteiger partial charge on any atom is 0.196 e. The van der Waals surface area contributed by atoms with Gasteiger partial charge >= 0.3 is 0 Å². The molecule has 7 nitrogen and oxygen atoms in total.